The van der Waals surface area contributed by atoms with E-state index in [1.54, 1.807) is 7.11 Å². The SMILES string of the molecule is COc1cccc(C(C)(C)C(N)CO)c1. The van der Waals surface area contributed by atoms with Crippen LogP contribution in [-0.4, -0.2) is 24.9 Å². The van der Waals surface area contributed by atoms with Gasteiger partial charge in [0.25, 0.3) is 0 Å². The fourth-order valence-electron chi connectivity index (χ4n) is 1.47. The lowest BCUT2D eigenvalue weighted by Crippen LogP contribution is -2.43. The Balaban J connectivity index is 3.03. The number of methoxy groups -OCH3 is 1. The van der Waals surface area contributed by atoms with E-state index in [4.69, 9.17) is 15.6 Å². The lowest BCUT2D eigenvalue weighted by atomic mass is 9.78. The molecule has 0 heterocycles. The summed E-state index contributed by atoms with van der Waals surface area (Å²) >= 11 is 0. The predicted octanol–water partition coefficient (Wildman–Crippen LogP) is 1.29. The maximum absolute atomic E-state index is 9.10. The minimum atomic E-state index is -0.274. The summed E-state index contributed by atoms with van der Waals surface area (Å²) in [5.74, 6) is 0.811. The molecule has 84 valence electrons. The van der Waals surface area contributed by atoms with Gasteiger partial charge >= 0.3 is 0 Å². The molecule has 0 aliphatic heterocycles. The zero-order valence-electron chi connectivity index (χ0n) is 9.53. The number of rotatable bonds is 4. The molecule has 1 rings (SSSR count). The number of aliphatic hydroxyl groups excluding tert-OH is 1. The van der Waals surface area contributed by atoms with Gasteiger partial charge in [0.15, 0.2) is 0 Å². The van der Waals surface area contributed by atoms with Crippen LogP contribution in [0.4, 0.5) is 0 Å². The Hall–Kier alpha value is -1.06. The van der Waals surface area contributed by atoms with Gasteiger partial charge in [0.1, 0.15) is 5.75 Å². The van der Waals surface area contributed by atoms with Gasteiger partial charge in [-0.05, 0) is 17.7 Å². The molecule has 1 unspecified atom stereocenters. The van der Waals surface area contributed by atoms with Crippen LogP contribution in [0.2, 0.25) is 0 Å². The molecule has 1 aromatic carbocycles. The monoisotopic (exact) mass is 209 g/mol. The van der Waals surface area contributed by atoms with E-state index in [2.05, 4.69) is 0 Å². The zero-order valence-corrected chi connectivity index (χ0v) is 9.53. The van der Waals surface area contributed by atoms with Crippen LogP contribution in [-0.2, 0) is 5.41 Å². The highest BCUT2D eigenvalue weighted by Gasteiger charge is 2.28. The summed E-state index contributed by atoms with van der Waals surface area (Å²) < 4.78 is 5.16. The molecule has 0 spiro atoms. The highest BCUT2D eigenvalue weighted by molar-refractivity contribution is 5.34. The third-order valence-corrected chi connectivity index (χ3v) is 2.94. The number of hydrogen-bond donors (Lipinski definition) is 2. The van der Waals surface area contributed by atoms with Crippen molar-refractivity contribution in [1.82, 2.24) is 0 Å². The molecule has 0 aromatic heterocycles. The summed E-state index contributed by atoms with van der Waals surface area (Å²) in [5.41, 5.74) is 6.70. The molecule has 3 N–H and O–H groups in total. The van der Waals surface area contributed by atoms with Crippen molar-refractivity contribution in [3.8, 4) is 5.75 Å². The topological polar surface area (TPSA) is 55.5 Å². The summed E-state index contributed by atoms with van der Waals surface area (Å²) in [7, 11) is 1.64. The number of nitrogens with two attached hydrogens (primary N) is 1. The molecule has 0 bridgehead atoms. The van der Waals surface area contributed by atoms with E-state index < -0.39 is 0 Å². The van der Waals surface area contributed by atoms with E-state index in [-0.39, 0.29) is 18.1 Å². The molecule has 3 heteroatoms. The van der Waals surface area contributed by atoms with E-state index in [9.17, 15) is 0 Å². The Morgan fingerprint density at radius 2 is 2.13 bits per heavy atom. The van der Waals surface area contributed by atoms with Gasteiger partial charge in [-0.1, -0.05) is 26.0 Å². The van der Waals surface area contributed by atoms with Gasteiger partial charge in [-0.3, -0.25) is 0 Å². The number of ether oxygens (including phenoxy) is 1. The van der Waals surface area contributed by atoms with Crippen molar-refractivity contribution in [3.05, 3.63) is 29.8 Å². The van der Waals surface area contributed by atoms with Gasteiger partial charge in [0.05, 0.1) is 13.7 Å². The summed E-state index contributed by atoms with van der Waals surface area (Å²) in [6.45, 7) is 4.01. The second kappa shape index (κ2) is 4.64. The molecule has 0 saturated carbocycles. The quantitative estimate of drug-likeness (QED) is 0.785. The summed E-state index contributed by atoms with van der Waals surface area (Å²) in [5, 5.41) is 9.10. The van der Waals surface area contributed by atoms with Crippen molar-refractivity contribution >= 4 is 0 Å². The highest BCUT2D eigenvalue weighted by atomic mass is 16.5. The minimum absolute atomic E-state index is 0.0236. The Morgan fingerprint density at radius 1 is 1.47 bits per heavy atom. The van der Waals surface area contributed by atoms with Crippen molar-refractivity contribution in [2.45, 2.75) is 25.3 Å². The van der Waals surface area contributed by atoms with Gasteiger partial charge in [-0.25, -0.2) is 0 Å². The zero-order chi connectivity index (χ0) is 11.5. The number of aliphatic hydroxyl groups is 1. The third-order valence-electron chi connectivity index (χ3n) is 2.94. The lowest BCUT2D eigenvalue weighted by Gasteiger charge is -2.31. The van der Waals surface area contributed by atoms with E-state index in [1.807, 2.05) is 38.1 Å². The maximum Gasteiger partial charge on any atom is 0.119 e. The van der Waals surface area contributed by atoms with Gasteiger partial charge in [0, 0.05) is 11.5 Å². The Labute approximate surface area is 90.9 Å². The van der Waals surface area contributed by atoms with Gasteiger partial charge in [-0.15, -0.1) is 0 Å². The smallest absolute Gasteiger partial charge is 0.119 e. The van der Waals surface area contributed by atoms with Crippen LogP contribution in [0, 0.1) is 0 Å². The molecular weight excluding hydrogens is 190 g/mol. The first kappa shape index (κ1) is 12.0. The van der Waals surface area contributed by atoms with Crippen LogP contribution < -0.4 is 10.5 Å². The first-order valence-electron chi connectivity index (χ1n) is 5.03. The highest BCUT2D eigenvalue weighted by Crippen LogP contribution is 2.28. The molecule has 0 amide bonds. The number of benzene rings is 1. The van der Waals surface area contributed by atoms with Crippen LogP contribution >= 0.6 is 0 Å². The molecule has 0 radical (unpaired) electrons. The van der Waals surface area contributed by atoms with Crippen molar-refractivity contribution < 1.29 is 9.84 Å². The number of hydrogen-bond acceptors (Lipinski definition) is 3. The molecule has 0 saturated heterocycles. The van der Waals surface area contributed by atoms with Crippen LogP contribution in [0.1, 0.15) is 19.4 Å². The molecule has 1 aromatic rings. The second-order valence-electron chi connectivity index (χ2n) is 4.24. The summed E-state index contributed by atoms with van der Waals surface area (Å²) in [4.78, 5) is 0. The van der Waals surface area contributed by atoms with E-state index >= 15 is 0 Å². The molecule has 1 atom stereocenters. The maximum atomic E-state index is 9.10. The van der Waals surface area contributed by atoms with Crippen molar-refractivity contribution in [1.29, 1.82) is 0 Å². The molecule has 0 aliphatic rings. The molecule has 0 aliphatic carbocycles. The fourth-order valence-corrected chi connectivity index (χ4v) is 1.47. The van der Waals surface area contributed by atoms with Crippen molar-refractivity contribution in [3.63, 3.8) is 0 Å². The van der Waals surface area contributed by atoms with E-state index in [0.29, 0.717) is 0 Å². The van der Waals surface area contributed by atoms with Crippen LogP contribution in [0.25, 0.3) is 0 Å². The first-order chi connectivity index (χ1) is 7.02. The van der Waals surface area contributed by atoms with Crippen molar-refractivity contribution in [2.24, 2.45) is 5.73 Å². The summed E-state index contributed by atoms with van der Waals surface area (Å²) in [6.07, 6.45) is 0. The van der Waals surface area contributed by atoms with E-state index in [0.717, 1.165) is 11.3 Å². The minimum Gasteiger partial charge on any atom is -0.497 e. The van der Waals surface area contributed by atoms with Crippen LogP contribution in [0.15, 0.2) is 24.3 Å². The molecular formula is C12H19NO2. The predicted molar refractivity (Wildman–Crippen MR) is 61.1 cm³/mol. The summed E-state index contributed by atoms with van der Waals surface area (Å²) in [6, 6.07) is 7.50. The standard InChI is InChI=1S/C12H19NO2/c1-12(2,11(13)8-14)9-5-4-6-10(7-9)15-3/h4-7,11,14H,8,13H2,1-3H3. The van der Waals surface area contributed by atoms with Crippen LogP contribution in [0.3, 0.4) is 0 Å². The Bertz CT molecular complexity index is 323. The molecule has 15 heavy (non-hydrogen) atoms. The first-order valence-corrected chi connectivity index (χ1v) is 5.03. The Kier molecular flexibility index (Phi) is 3.72. The van der Waals surface area contributed by atoms with Gasteiger partial charge in [0.2, 0.25) is 0 Å². The fraction of sp³-hybridized carbons (Fsp3) is 0.500. The lowest BCUT2D eigenvalue weighted by molar-refractivity contribution is 0.220. The third kappa shape index (κ3) is 2.49. The molecule has 0 fully saturated rings. The Morgan fingerprint density at radius 3 is 2.67 bits per heavy atom. The average Bonchev–Trinajstić information content (AvgIpc) is 2.27. The molecule has 3 nitrogen and oxygen atoms in total. The second-order valence-corrected chi connectivity index (χ2v) is 4.24. The van der Waals surface area contributed by atoms with Gasteiger partial charge < -0.3 is 15.6 Å². The van der Waals surface area contributed by atoms with Gasteiger partial charge in [-0.2, -0.15) is 0 Å². The van der Waals surface area contributed by atoms with Crippen molar-refractivity contribution in [2.75, 3.05) is 13.7 Å². The average molecular weight is 209 g/mol. The van der Waals surface area contributed by atoms with Crippen LogP contribution in [0.5, 0.6) is 5.75 Å². The normalized spacial score (nSPS) is 13.7. The largest absolute Gasteiger partial charge is 0.497 e. The van der Waals surface area contributed by atoms with E-state index in [1.165, 1.54) is 0 Å².